The molecule has 6 nitrogen and oxygen atoms in total. The number of nitrogens with two attached hydrogens (primary N) is 1. The smallest absolute Gasteiger partial charge is 0.491 e. The van der Waals surface area contributed by atoms with Crippen molar-refractivity contribution in [3.05, 3.63) is 58.9 Å². The number of esters is 1. The van der Waals surface area contributed by atoms with Gasteiger partial charge < -0.3 is 19.9 Å². The van der Waals surface area contributed by atoms with Gasteiger partial charge in [0.2, 0.25) is 34.8 Å². The first-order valence-corrected chi connectivity index (χ1v) is 8.75. The number of rotatable bonds is 5. The number of nitrogens with one attached hydrogen (secondary N) is 1. The Balaban J connectivity index is 2.40. The highest BCUT2D eigenvalue weighted by Gasteiger charge is 2.42. The average molecular weight is 494 g/mol. The summed E-state index contributed by atoms with van der Waals surface area (Å²) in [4.78, 5) is 11.5. The molecule has 14 heteroatoms. The molecule has 0 aliphatic rings. The maximum atomic E-state index is 14.2. The number of halogens is 8. The summed E-state index contributed by atoms with van der Waals surface area (Å²) in [5, 5.41) is 6.82. The molecule has 0 radical (unpaired) electrons. The third-order valence-electron chi connectivity index (χ3n) is 4.36. The van der Waals surface area contributed by atoms with Gasteiger partial charge in [-0.1, -0.05) is 12.1 Å². The zero-order valence-electron chi connectivity index (χ0n) is 16.5. The number of amidine groups is 1. The average Bonchev–Trinajstić information content (AvgIpc) is 2.78. The highest BCUT2D eigenvalue weighted by Crippen LogP contribution is 2.46. The van der Waals surface area contributed by atoms with Crippen molar-refractivity contribution in [1.29, 1.82) is 5.41 Å². The van der Waals surface area contributed by atoms with E-state index in [1.807, 2.05) is 0 Å². The Kier molecular flexibility index (Phi) is 6.27. The molecule has 3 aromatic carbocycles. The molecule has 0 fully saturated rings. The van der Waals surface area contributed by atoms with Gasteiger partial charge in [0.1, 0.15) is 5.84 Å². The molecule has 34 heavy (non-hydrogen) atoms. The number of hydrogen-bond acceptors (Lipinski definition) is 5. The Morgan fingerprint density at radius 2 is 1.38 bits per heavy atom. The fourth-order valence-electron chi connectivity index (χ4n) is 2.84. The maximum absolute atomic E-state index is 14.2. The lowest BCUT2D eigenvalue weighted by Crippen LogP contribution is -2.29. The number of fused-ring (bicyclic) bond motifs is 1. The van der Waals surface area contributed by atoms with Crippen LogP contribution in [0.3, 0.4) is 0 Å². The van der Waals surface area contributed by atoms with E-state index in [0.717, 1.165) is 25.3 Å². The number of carbonyl (C=O) groups is 1. The number of carbonyl (C=O) groups excluding carboxylic acids is 1. The minimum atomic E-state index is -5.52. The summed E-state index contributed by atoms with van der Waals surface area (Å²) in [5.74, 6) is -19.9. The van der Waals surface area contributed by atoms with Crippen LogP contribution in [0.1, 0.15) is 5.56 Å². The molecule has 0 atom stereocenters. The van der Waals surface area contributed by atoms with Crippen LogP contribution >= 0.6 is 0 Å². The molecule has 0 amide bonds. The fourth-order valence-corrected chi connectivity index (χ4v) is 2.84. The first-order valence-electron chi connectivity index (χ1n) is 8.75. The molecule has 180 valence electrons. The zero-order chi connectivity index (χ0) is 25.5. The van der Waals surface area contributed by atoms with Gasteiger partial charge in [-0.25, -0.2) is 18.0 Å². The van der Waals surface area contributed by atoms with Crippen LogP contribution in [-0.2, 0) is 4.79 Å². The Morgan fingerprint density at radius 1 is 0.853 bits per heavy atom. The topological polar surface area (TPSA) is 94.6 Å². The minimum absolute atomic E-state index is 0.102. The third kappa shape index (κ3) is 4.13. The molecular weight excluding hydrogens is 484 g/mol. The lowest BCUT2D eigenvalue weighted by Gasteiger charge is -2.19. The van der Waals surface area contributed by atoms with Crippen LogP contribution in [0.4, 0.5) is 35.1 Å². The molecule has 3 aromatic rings. The molecule has 0 saturated heterocycles. The number of hydrogen-bond donors (Lipinski definition) is 2. The van der Waals surface area contributed by atoms with Gasteiger partial charge in [0.05, 0.1) is 18.1 Å². The van der Waals surface area contributed by atoms with E-state index in [1.54, 1.807) is 0 Å². The van der Waals surface area contributed by atoms with E-state index in [9.17, 15) is 39.9 Å². The SMILES string of the molecule is COc1ccc2ccc(C(=N)N)c(OC(=O)C(F)(F)F)c2c1Oc1c(F)c(F)c(F)c(F)c1F. The summed E-state index contributed by atoms with van der Waals surface area (Å²) < 4.78 is 122. The number of nitrogen functional groups attached to an aromatic ring is 1. The summed E-state index contributed by atoms with van der Waals surface area (Å²) in [5.41, 5.74) is 4.76. The van der Waals surface area contributed by atoms with Gasteiger partial charge in [-0.15, -0.1) is 0 Å². The predicted octanol–water partition coefficient (Wildman–Crippen LogP) is 5.09. The van der Waals surface area contributed by atoms with E-state index in [4.69, 9.17) is 20.6 Å². The molecule has 0 unspecified atom stereocenters. The standard InChI is InChI=1S/C20H10F8N2O4/c1-32-8-5-3-6-2-4-7(18(29)30)15(34-19(31)20(26,27)28)9(6)16(8)33-17-13(24)11(22)10(21)12(23)14(17)25/h2-5H,1H3,(H3,29,30). The van der Waals surface area contributed by atoms with Gasteiger partial charge in [-0.05, 0) is 17.5 Å². The first-order chi connectivity index (χ1) is 15.8. The van der Waals surface area contributed by atoms with Crippen molar-refractivity contribution in [3.63, 3.8) is 0 Å². The van der Waals surface area contributed by atoms with Crippen LogP contribution < -0.4 is 19.9 Å². The molecule has 0 spiro atoms. The van der Waals surface area contributed by atoms with E-state index in [2.05, 4.69) is 4.74 Å². The van der Waals surface area contributed by atoms with E-state index in [-0.39, 0.29) is 5.39 Å². The van der Waals surface area contributed by atoms with Gasteiger partial charge in [0.25, 0.3) is 0 Å². The number of benzene rings is 3. The lowest BCUT2D eigenvalue weighted by molar-refractivity contribution is -0.189. The van der Waals surface area contributed by atoms with Gasteiger partial charge in [0, 0.05) is 0 Å². The van der Waals surface area contributed by atoms with E-state index < -0.39 is 81.0 Å². The van der Waals surface area contributed by atoms with E-state index >= 15 is 0 Å². The van der Waals surface area contributed by atoms with Gasteiger partial charge >= 0.3 is 12.1 Å². The molecule has 0 saturated carbocycles. The first kappa shape index (κ1) is 24.5. The van der Waals surface area contributed by atoms with Crippen molar-refractivity contribution in [2.24, 2.45) is 5.73 Å². The molecule has 0 aliphatic heterocycles. The third-order valence-corrected chi connectivity index (χ3v) is 4.36. The monoisotopic (exact) mass is 494 g/mol. The normalized spacial score (nSPS) is 11.4. The summed E-state index contributed by atoms with van der Waals surface area (Å²) in [7, 11) is 0.989. The van der Waals surface area contributed by atoms with Crippen molar-refractivity contribution >= 4 is 22.6 Å². The Labute approximate surface area is 183 Å². The second-order valence-electron chi connectivity index (χ2n) is 6.44. The molecule has 3 N–H and O–H groups in total. The van der Waals surface area contributed by atoms with Crippen LogP contribution in [0.15, 0.2) is 24.3 Å². The molecule has 0 heterocycles. The zero-order valence-corrected chi connectivity index (χ0v) is 16.5. The Bertz CT molecular complexity index is 1310. The summed E-state index contributed by atoms with van der Waals surface area (Å²) >= 11 is 0. The van der Waals surface area contributed by atoms with E-state index in [0.29, 0.717) is 0 Å². The van der Waals surface area contributed by atoms with Crippen molar-refractivity contribution in [2.75, 3.05) is 7.11 Å². The van der Waals surface area contributed by atoms with Crippen molar-refractivity contribution in [3.8, 4) is 23.0 Å². The molecule has 0 bridgehead atoms. The van der Waals surface area contributed by atoms with Crippen molar-refractivity contribution in [2.45, 2.75) is 6.18 Å². The summed E-state index contributed by atoms with van der Waals surface area (Å²) in [6, 6.07) is 4.43. The Morgan fingerprint density at radius 3 is 1.88 bits per heavy atom. The minimum Gasteiger partial charge on any atom is -0.493 e. The number of ether oxygens (including phenoxy) is 3. The number of alkyl halides is 3. The number of methoxy groups -OCH3 is 1. The lowest BCUT2D eigenvalue weighted by atomic mass is 10.0. The van der Waals surface area contributed by atoms with E-state index in [1.165, 1.54) is 6.07 Å². The van der Waals surface area contributed by atoms with Crippen LogP contribution in [-0.4, -0.2) is 25.1 Å². The van der Waals surface area contributed by atoms with Crippen LogP contribution in [0.2, 0.25) is 0 Å². The summed E-state index contributed by atoms with van der Waals surface area (Å²) in [6.07, 6.45) is -5.52. The maximum Gasteiger partial charge on any atom is 0.491 e. The Hall–Kier alpha value is -4.10. The summed E-state index contributed by atoms with van der Waals surface area (Å²) in [6.45, 7) is 0. The van der Waals surface area contributed by atoms with Gasteiger partial charge in [0.15, 0.2) is 17.2 Å². The largest absolute Gasteiger partial charge is 0.493 e. The highest BCUT2D eigenvalue weighted by molar-refractivity contribution is 6.08. The van der Waals surface area contributed by atoms with Crippen LogP contribution in [0.5, 0.6) is 23.0 Å². The molecule has 0 aliphatic carbocycles. The quantitative estimate of drug-likeness (QED) is 0.0981. The molecule has 0 aromatic heterocycles. The fraction of sp³-hybridized carbons (Fsp3) is 0.100. The second kappa shape index (κ2) is 8.68. The molecular formula is C20H10F8N2O4. The van der Waals surface area contributed by atoms with Crippen LogP contribution in [0, 0.1) is 34.5 Å². The highest BCUT2D eigenvalue weighted by atomic mass is 19.4. The van der Waals surface area contributed by atoms with Gasteiger partial charge in [-0.3, -0.25) is 5.41 Å². The van der Waals surface area contributed by atoms with Crippen LogP contribution in [0.25, 0.3) is 10.8 Å². The van der Waals surface area contributed by atoms with Crippen molar-refractivity contribution < 1.29 is 54.1 Å². The second-order valence-corrected chi connectivity index (χ2v) is 6.44. The molecule has 3 rings (SSSR count). The van der Waals surface area contributed by atoms with Crippen molar-refractivity contribution in [1.82, 2.24) is 0 Å². The predicted molar refractivity (Wildman–Crippen MR) is 99.5 cm³/mol. The van der Waals surface area contributed by atoms with Gasteiger partial charge in [-0.2, -0.15) is 22.0 Å².